The summed E-state index contributed by atoms with van der Waals surface area (Å²) in [5, 5.41) is 2.17. The van der Waals surface area contributed by atoms with E-state index in [9.17, 15) is 18.0 Å². The van der Waals surface area contributed by atoms with E-state index < -0.39 is 18.5 Å². The number of hydrogen-bond acceptors (Lipinski definition) is 2. The van der Waals surface area contributed by atoms with Crippen LogP contribution in [0.15, 0.2) is 24.3 Å². The van der Waals surface area contributed by atoms with E-state index in [4.69, 9.17) is 5.73 Å². The molecule has 96 valence electrons. The molecule has 0 heterocycles. The molecule has 1 aromatic rings. The number of rotatable bonds is 2. The summed E-state index contributed by atoms with van der Waals surface area (Å²) in [5.41, 5.74) is 5.87. The quantitative estimate of drug-likeness (QED) is 0.794. The average molecular weight is 256 g/mol. The first-order valence-electron chi connectivity index (χ1n) is 5.07. The van der Waals surface area contributed by atoms with Gasteiger partial charge in [-0.05, 0) is 12.1 Å². The van der Waals surface area contributed by atoms with E-state index in [0.717, 1.165) is 0 Å². The number of carbonyl (C=O) groups is 1. The molecule has 3 nitrogen and oxygen atoms in total. The molecule has 0 saturated heterocycles. The molecule has 0 saturated carbocycles. The van der Waals surface area contributed by atoms with Crippen LogP contribution in [0, 0.1) is 11.8 Å². The topological polar surface area (TPSA) is 55.1 Å². The summed E-state index contributed by atoms with van der Waals surface area (Å²) in [7, 11) is 0. The first kappa shape index (κ1) is 14.1. The number of nitrogens with two attached hydrogens (primary N) is 1. The van der Waals surface area contributed by atoms with E-state index in [-0.39, 0.29) is 12.2 Å². The number of hydrogen-bond donors (Lipinski definition) is 2. The zero-order chi connectivity index (χ0) is 13.6. The number of nitrogens with one attached hydrogen (secondary N) is 1. The Balaban J connectivity index is 2.81. The van der Waals surface area contributed by atoms with Crippen molar-refractivity contribution in [2.75, 3.05) is 11.9 Å². The number of para-hydroxylation sites is 1. The fourth-order valence-corrected chi connectivity index (χ4v) is 1.22. The second-order valence-electron chi connectivity index (χ2n) is 3.39. The van der Waals surface area contributed by atoms with Crippen LogP contribution in [0.2, 0.25) is 0 Å². The molecule has 0 spiro atoms. The minimum Gasteiger partial charge on any atom is -0.325 e. The fraction of sp³-hybridized carbons (Fsp3) is 0.250. The highest BCUT2D eigenvalue weighted by Crippen LogP contribution is 2.21. The highest BCUT2D eigenvalue weighted by Gasteiger charge is 2.31. The Kier molecular flexibility index (Phi) is 4.75. The van der Waals surface area contributed by atoms with Gasteiger partial charge in [0, 0.05) is 5.56 Å². The lowest BCUT2D eigenvalue weighted by Gasteiger charge is -2.09. The van der Waals surface area contributed by atoms with Gasteiger partial charge in [-0.2, -0.15) is 13.2 Å². The van der Waals surface area contributed by atoms with Crippen molar-refractivity contribution in [2.24, 2.45) is 5.73 Å². The van der Waals surface area contributed by atoms with Crippen LogP contribution in [-0.4, -0.2) is 18.6 Å². The Bertz CT molecular complexity index is 486. The molecule has 0 atom stereocenters. The Morgan fingerprint density at radius 1 is 1.33 bits per heavy atom. The minimum absolute atomic E-state index is 0.130. The molecule has 1 amide bonds. The van der Waals surface area contributed by atoms with Gasteiger partial charge in [0.1, 0.15) is 6.42 Å². The largest absolute Gasteiger partial charge is 0.397 e. The van der Waals surface area contributed by atoms with E-state index >= 15 is 0 Å². The Morgan fingerprint density at radius 3 is 2.61 bits per heavy atom. The molecule has 0 bridgehead atoms. The summed E-state index contributed by atoms with van der Waals surface area (Å²) < 4.78 is 36.0. The normalized spacial score (nSPS) is 10.4. The van der Waals surface area contributed by atoms with E-state index in [1.165, 1.54) is 6.07 Å². The molecule has 0 fully saturated rings. The summed E-state index contributed by atoms with van der Waals surface area (Å²) in [4.78, 5) is 11.2. The Morgan fingerprint density at radius 2 is 2.00 bits per heavy atom. The van der Waals surface area contributed by atoms with Crippen LogP contribution in [0.4, 0.5) is 18.9 Å². The van der Waals surface area contributed by atoms with Crippen molar-refractivity contribution in [2.45, 2.75) is 12.6 Å². The highest BCUT2D eigenvalue weighted by molar-refractivity contribution is 5.92. The molecule has 0 aliphatic carbocycles. The molecule has 0 radical (unpaired) electrons. The standard InChI is InChI=1S/C12H11F3N2O/c13-12(14,15)8-11(18)17-10-6-2-1-4-9(10)5-3-7-16/h1-2,4,6H,7-8,16H2,(H,17,18). The fourth-order valence-electron chi connectivity index (χ4n) is 1.22. The number of benzene rings is 1. The molecule has 1 rings (SSSR count). The van der Waals surface area contributed by atoms with Gasteiger partial charge in [-0.1, -0.05) is 24.0 Å². The van der Waals surface area contributed by atoms with E-state index in [1.54, 1.807) is 18.2 Å². The predicted octanol–water partition coefficient (Wildman–Crippen LogP) is 1.89. The first-order valence-corrected chi connectivity index (χ1v) is 5.07. The Hall–Kier alpha value is -2.00. The van der Waals surface area contributed by atoms with Crippen molar-refractivity contribution in [3.63, 3.8) is 0 Å². The molecule has 1 aromatic carbocycles. The smallest absolute Gasteiger partial charge is 0.325 e. The van der Waals surface area contributed by atoms with Gasteiger partial charge < -0.3 is 11.1 Å². The van der Waals surface area contributed by atoms with Crippen molar-refractivity contribution >= 4 is 11.6 Å². The lowest BCUT2D eigenvalue weighted by molar-refractivity contribution is -0.150. The monoisotopic (exact) mass is 256 g/mol. The van der Waals surface area contributed by atoms with Gasteiger partial charge in [-0.3, -0.25) is 4.79 Å². The van der Waals surface area contributed by atoms with Gasteiger partial charge >= 0.3 is 6.18 Å². The van der Waals surface area contributed by atoms with Crippen LogP contribution in [0.5, 0.6) is 0 Å². The predicted molar refractivity (Wildman–Crippen MR) is 61.7 cm³/mol. The molecule has 0 aliphatic rings. The molecule has 3 N–H and O–H groups in total. The maximum absolute atomic E-state index is 12.0. The lowest BCUT2D eigenvalue weighted by atomic mass is 10.1. The molecule has 0 unspecified atom stereocenters. The zero-order valence-corrected chi connectivity index (χ0v) is 9.34. The number of halogens is 3. The van der Waals surface area contributed by atoms with Gasteiger partial charge in [-0.25, -0.2) is 0 Å². The zero-order valence-electron chi connectivity index (χ0n) is 9.34. The molecule has 18 heavy (non-hydrogen) atoms. The molecule has 6 heteroatoms. The molecular weight excluding hydrogens is 245 g/mol. The average Bonchev–Trinajstić information content (AvgIpc) is 2.25. The number of alkyl halides is 3. The van der Waals surface area contributed by atoms with Crippen LogP contribution in [-0.2, 0) is 4.79 Å². The lowest BCUT2D eigenvalue weighted by Crippen LogP contribution is -2.21. The second kappa shape index (κ2) is 6.07. The van der Waals surface area contributed by atoms with Gasteiger partial charge in [0.25, 0.3) is 0 Å². The van der Waals surface area contributed by atoms with Crippen molar-refractivity contribution in [3.05, 3.63) is 29.8 Å². The van der Waals surface area contributed by atoms with Crippen LogP contribution < -0.4 is 11.1 Å². The minimum atomic E-state index is -4.53. The summed E-state index contributed by atoms with van der Waals surface area (Å²) in [6, 6.07) is 6.33. The van der Waals surface area contributed by atoms with Crippen LogP contribution in [0.1, 0.15) is 12.0 Å². The first-order chi connectivity index (χ1) is 8.42. The van der Waals surface area contributed by atoms with Crippen molar-refractivity contribution < 1.29 is 18.0 Å². The third-order valence-electron chi connectivity index (χ3n) is 1.89. The summed E-state index contributed by atoms with van der Waals surface area (Å²) in [5.74, 6) is 4.12. The van der Waals surface area contributed by atoms with Crippen molar-refractivity contribution in [1.29, 1.82) is 0 Å². The van der Waals surface area contributed by atoms with Crippen molar-refractivity contribution in [1.82, 2.24) is 0 Å². The third-order valence-corrected chi connectivity index (χ3v) is 1.89. The Labute approximate surface area is 102 Å². The van der Waals surface area contributed by atoms with E-state index in [1.807, 2.05) is 0 Å². The van der Waals surface area contributed by atoms with Crippen LogP contribution >= 0.6 is 0 Å². The summed E-state index contributed by atoms with van der Waals surface area (Å²) in [6.45, 7) is 0.130. The van der Waals surface area contributed by atoms with Gasteiger partial charge in [0.05, 0.1) is 12.2 Å². The molecular formula is C12H11F3N2O. The number of amides is 1. The summed E-state index contributed by atoms with van der Waals surface area (Å²) in [6.07, 6.45) is -6.05. The molecule has 0 aliphatic heterocycles. The molecule has 0 aromatic heterocycles. The van der Waals surface area contributed by atoms with Gasteiger partial charge in [0.15, 0.2) is 0 Å². The second-order valence-corrected chi connectivity index (χ2v) is 3.39. The maximum atomic E-state index is 12.0. The van der Waals surface area contributed by atoms with Crippen molar-refractivity contribution in [3.8, 4) is 11.8 Å². The van der Waals surface area contributed by atoms with E-state index in [0.29, 0.717) is 5.56 Å². The van der Waals surface area contributed by atoms with Gasteiger partial charge in [0.2, 0.25) is 5.91 Å². The van der Waals surface area contributed by atoms with Crippen LogP contribution in [0.3, 0.4) is 0 Å². The van der Waals surface area contributed by atoms with E-state index in [2.05, 4.69) is 17.2 Å². The maximum Gasteiger partial charge on any atom is 0.397 e. The number of carbonyl (C=O) groups excluding carboxylic acids is 1. The van der Waals surface area contributed by atoms with Crippen LogP contribution in [0.25, 0.3) is 0 Å². The SMILES string of the molecule is NCC#Cc1ccccc1NC(=O)CC(F)(F)F. The highest BCUT2D eigenvalue weighted by atomic mass is 19.4. The van der Waals surface area contributed by atoms with Gasteiger partial charge in [-0.15, -0.1) is 0 Å². The third kappa shape index (κ3) is 4.89. The number of anilines is 1. The summed E-state index contributed by atoms with van der Waals surface area (Å²) >= 11 is 0.